The molecule has 4 aliphatic rings. The molecule has 166 valence electrons. The molecule has 3 aliphatic heterocycles. The second-order valence-corrected chi connectivity index (χ2v) is 9.42. The zero-order chi connectivity index (χ0) is 21.6. The van der Waals surface area contributed by atoms with Crippen molar-refractivity contribution in [3.8, 4) is 0 Å². The van der Waals surface area contributed by atoms with Crippen LogP contribution in [0.5, 0.6) is 0 Å². The molecule has 0 radical (unpaired) electrons. The van der Waals surface area contributed by atoms with Gasteiger partial charge in [0, 0.05) is 63.3 Å². The van der Waals surface area contributed by atoms with E-state index in [0.717, 1.165) is 49.4 Å². The van der Waals surface area contributed by atoms with Gasteiger partial charge in [-0.25, -0.2) is 0 Å². The van der Waals surface area contributed by atoms with Gasteiger partial charge in [-0.05, 0) is 36.8 Å². The average molecular weight is 426 g/mol. The van der Waals surface area contributed by atoms with Gasteiger partial charge in [0.25, 0.3) is 5.91 Å². The summed E-state index contributed by atoms with van der Waals surface area (Å²) in [6, 6.07) is 5.47. The van der Waals surface area contributed by atoms with Crippen LogP contribution in [0, 0.1) is 0 Å². The van der Waals surface area contributed by atoms with Crippen LogP contribution in [0.25, 0.3) is 0 Å². The molecule has 3 amide bonds. The average Bonchev–Trinajstić information content (AvgIpc) is 3.05. The van der Waals surface area contributed by atoms with E-state index in [9.17, 15) is 14.4 Å². The molecule has 8 heteroatoms. The first-order valence-electron chi connectivity index (χ1n) is 11.4. The third kappa shape index (κ3) is 3.56. The molecule has 8 nitrogen and oxygen atoms in total. The fourth-order valence-electron chi connectivity index (χ4n) is 5.86. The largest absolute Gasteiger partial charge is 0.329 e. The van der Waals surface area contributed by atoms with Crippen molar-refractivity contribution in [1.29, 1.82) is 0 Å². The van der Waals surface area contributed by atoms with E-state index in [1.165, 1.54) is 19.3 Å². The van der Waals surface area contributed by atoms with Crippen LogP contribution in [0.3, 0.4) is 0 Å². The van der Waals surface area contributed by atoms with Gasteiger partial charge in [-0.15, -0.1) is 0 Å². The monoisotopic (exact) mass is 425 g/mol. The summed E-state index contributed by atoms with van der Waals surface area (Å²) in [5.74, 6) is -0.702. The molecular formula is C23H31N5O3. The number of piperazine rings is 1. The lowest BCUT2D eigenvalue weighted by Crippen LogP contribution is -2.65. The molecule has 1 aromatic rings. The lowest BCUT2D eigenvalue weighted by Gasteiger charge is -2.56. The number of fused-ring (bicyclic) bond motifs is 1. The van der Waals surface area contributed by atoms with Gasteiger partial charge >= 0.3 is 0 Å². The quantitative estimate of drug-likeness (QED) is 0.665. The molecule has 5 rings (SSSR count). The number of nitrogens with zero attached hydrogens (tertiary/aromatic N) is 3. The molecule has 1 aliphatic carbocycles. The normalized spacial score (nSPS) is 26.2. The number of rotatable bonds is 5. The van der Waals surface area contributed by atoms with E-state index in [1.807, 2.05) is 18.2 Å². The van der Waals surface area contributed by atoms with Crippen LogP contribution >= 0.6 is 0 Å². The minimum Gasteiger partial charge on any atom is -0.329 e. The molecule has 2 saturated heterocycles. The molecule has 1 saturated carbocycles. The second kappa shape index (κ2) is 8.00. The highest BCUT2D eigenvalue weighted by Crippen LogP contribution is 2.41. The Balaban J connectivity index is 1.33. The highest BCUT2D eigenvalue weighted by molar-refractivity contribution is 6.05. The number of imide groups is 1. The van der Waals surface area contributed by atoms with Crippen molar-refractivity contribution in [2.24, 2.45) is 5.73 Å². The van der Waals surface area contributed by atoms with Crippen molar-refractivity contribution in [3.63, 3.8) is 0 Å². The van der Waals surface area contributed by atoms with Gasteiger partial charge in [0.2, 0.25) is 11.8 Å². The van der Waals surface area contributed by atoms with Gasteiger partial charge in [-0.3, -0.25) is 29.5 Å². The summed E-state index contributed by atoms with van der Waals surface area (Å²) in [7, 11) is 0. The maximum atomic E-state index is 13.3. The summed E-state index contributed by atoms with van der Waals surface area (Å²) in [4.78, 5) is 43.9. The van der Waals surface area contributed by atoms with Crippen LogP contribution in [0.2, 0.25) is 0 Å². The van der Waals surface area contributed by atoms with Crippen LogP contribution in [-0.4, -0.2) is 76.7 Å². The van der Waals surface area contributed by atoms with Gasteiger partial charge in [-0.1, -0.05) is 18.2 Å². The Labute approximate surface area is 182 Å². The zero-order valence-corrected chi connectivity index (χ0v) is 17.9. The fraction of sp³-hybridized carbons (Fsp3) is 0.609. The number of carbonyl (C=O) groups excluding carboxylic acids is 3. The van der Waals surface area contributed by atoms with Crippen molar-refractivity contribution < 1.29 is 14.4 Å². The van der Waals surface area contributed by atoms with Crippen LogP contribution < -0.4 is 11.1 Å². The topological polar surface area (TPSA) is 99.0 Å². The van der Waals surface area contributed by atoms with Gasteiger partial charge in [0.15, 0.2) is 0 Å². The zero-order valence-electron chi connectivity index (χ0n) is 17.9. The van der Waals surface area contributed by atoms with Crippen molar-refractivity contribution in [2.45, 2.75) is 56.8 Å². The maximum absolute atomic E-state index is 13.3. The molecule has 0 aromatic heterocycles. The standard InChI is InChI=1S/C23H31N5O3/c24-9-10-27-12-11-26(15-23(27)7-2-8-23)13-16-3-1-4-17-14-28(22(31)20(16)17)18-5-6-19(29)25-21(18)30/h1,3-4,18H,2,5-15,24H2,(H,25,29,30). The van der Waals surface area contributed by atoms with Gasteiger partial charge in [-0.2, -0.15) is 0 Å². The van der Waals surface area contributed by atoms with Crippen molar-refractivity contribution >= 4 is 17.7 Å². The summed E-state index contributed by atoms with van der Waals surface area (Å²) in [6.45, 7) is 5.83. The van der Waals surface area contributed by atoms with E-state index >= 15 is 0 Å². The van der Waals surface area contributed by atoms with Crippen molar-refractivity contribution in [3.05, 3.63) is 34.9 Å². The fourth-order valence-corrected chi connectivity index (χ4v) is 5.86. The van der Waals surface area contributed by atoms with Crippen LogP contribution in [-0.2, 0) is 22.7 Å². The number of piperidine rings is 1. The molecule has 1 aromatic carbocycles. The summed E-state index contributed by atoms with van der Waals surface area (Å²) in [5, 5.41) is 2.38. The van der Waals surface area contributed by atoms with Crippen LogP contribution in [0.4, 0.5) is 0 Å². The molecule has 0 bridgehead atoms. The third-order valence-electron chi connectivity index (χ3n) is 7.59. The first-order valence-corrected chi connectivity index (χ1v) is 11.4. The Bertz CT molecular complexity index is 912. The molecule has 3 heterocycles. The number of carbonyl (C=O) groups is 3. The second-order valence-electron chi connectivity index (χ2n) is 9.42. The number of benzene rings is 1. The van der Waals surface area contributed by atoms with E-state index in [1.54, 1.807) is 4.90 Å². The molecule has 31 heavy (non-hydrogen) atoms. The molecule has 1 unspecified atom stereocenters. The van der Waals surface area contributed by atoms with E-state index in [0.29, 0.717) is 19.5 Å². The van der Waals surface area contributed by atoms with E-state index in [2.05, 4.69) is 15.1 Å². The molecule has 1 spiro atoms. The SMILES string of the molecule is NCCN1CCN(Cc2cccc3c2C(=O)N(C2CCC(=O)NC2=O)C3)CC12CCC2. The Kier molecular flexibility index (Phi) is 5.32. The van der Waals surface area contributed by atoms with Gasteiger partial charge < -0.3 is 10.6 Å². The van der Waals surface area contributed by atoms with Crippen molar-refractivity contribution in [2.75, 3.05) is 32.7 Å². The first kappa shape index (κ1) is 20.6. The Morgan fingerprint density at radius 2 is 2.00 bits per heavy atom. The van der Waals surface area contributed by atoms with Crippen LogP contribution in [0.1, 0.15) is 53.6 Å². The highest BCUT2D eigenvalue weighted by Gasteiger charge is 2.46. The number of nitrogens with two attached hydrogens (primary N) is 1. The minimum absolute atomic E-state index is 0.0831. The van der Waals surface area contributed by atoms with Crippen LogP contribution in [0.15, 0.2) is 18.2 Å². The predicted octanol–water partition coefficient (Wildman–Crippen LogP) is 0.447. The number of amides is 3. The lowest BCUT2D eigenvalue weighted by atomic mass is 9.73. The third-order valence-corrected chi connectivity index (χ3v) is 7.59. The lowest BCUT2D eigenvalue weighted by molar-refractivity contribution is -0.136. The smallest absolute Gasteiger partial charge is 0.255 e. The highest BCUT2D eigenvalue weighted by atomic mass is 16.2. The van der Waals surface area contributed by atoms with E-state index in [-0.39, 0.29) is 29.7 Å². The first-order chi connectivity index (χ1) is 15.0. The van der Waals surface area contributed by atoms with Gasteiger partial charge in [0.05, 0.1) is 0 Å². The minimum atomic E-state index is -0.566. The molecule has 1 atom stereocenters. The van der Waals surface area contributed by atoms with E-state index < -0.39 is 6.04 Å². The summed E-state index contributed by atoms with van der Waals surface area (Å²) >= 11 is 0. The molecule has 3 fully saturated rings. The Hall–Kier alpha value is -2.29. The maximum Gasteiger partial charge on any atom is 0.255 e. The van der Waals surface area contributed by atoms with Gasteiger partial charge in [0.1, 0.15) is 6.04 Å². The number of hydrogen-bond donors (Lipinski definition) is 2. The predicted molar refractivity (Wildman–Crippen MR) is 115 cm³/mol. The van der Waals surface area contributed by atoms with Crippen molar-refractivity contribution in [1.82, 2.24) is 20.0 Å². The Morgan fingerprint density at radius 1 is 1.16 bits per heavy atom. The summed E-state index contributed by atoms with van der Waals surface area (Å²) in [6.07, 6.45) is 4.39. The summed E-state index contributed by atoms with van der Waals surface area (Å²) in [5.41, 5.74) is 8.86. The molecular weight excluding hydrogens is 394 g/mol. The van der Waals surface area contributed by atoms with E-state index in [4.69, 9.17) is 5.73 Å². The molecule has 3 N–H and O–H groups in total. The summed E-state index contributed by atoms with van der Waals surface area (Å²) < 4.78 is 0. The number of nitrogens with one attached hydrogen (secondary N) is 1. The Morgan fingerprint density at radius 3 is 2.71 bits per heavy atom. The number of hydrogen-bond acceptors (Lipinski definition) is 6.